The van der Waals surface area contributed by atoms with E-state index >= 15 is 0 Å². The smallest absolute Gasteiger partial charge is 0.188 e. The van der Waals surface area contributed by atoms with Crippen LogP contribution in [0.15, 0.2) is 29.3 Å². The summed E-state index contributed by atoms with van der Waals surface area (Å²) in [5.74, 6) is 1.84. The third-order valence-electron chi connectivity index (χ3n) is 3.45. The molecule has 2 unspecified atom stereocenters. The van der Waals surface area contributed by atoms with Gasteiger partial charge in [0, 0.05) is 13.2 Å². The van der Waals surface area contributed by atoms with Gasteiger partial charge in [0.2, 0.25) is 0 Å². The maximum absolute atomic E-state index is 5.85. The number of nitrogens with two attached hydrogens (primary N) is 1. The van der Waals surface area contributed by atoms with Gasteiger partial charge in [-0.3, -0.25) is 0 Å². The second kappa shape index (κ2) is 10.5. The highest BCUT2D eigenvalue weighted by atomic mass is 127. The number of nitrogens with zero attached hydrogens (tertiary/aromatic N) is 1. The number of nitrogens with one attached hydrogen (secondary N) is 1. The van der Waals surface area contributed by atoms with Crippen molar-refractivity contribution in [2.45, 2.75) is 32.0 Å². The van der Waals surface area contributed by atoms with Crippen LogP contribution in [-0.4, -0.2) is 45.0 Å². The molecule has 1 aliphatic rings. The predicted molar refractivity (Wildman–Crippen MR) is 102 cm³/mol. The van der Waals surface area contributed by atoms with Gasteiger partial charge in [0.1, 0.15) is 6.10 Å². The molecule has 6 nitrogen and oxygen atoms in total. The average molecular weight is 435 g/mol. The van der Waals surface area contributed by atoms with E-state index in [-0.39, 0.29) is 36.2 Å². The van der Waals surface area contributed by atoms with Crippen molar-refractivity contribution in [3.05, 3.63) is 24.3 Å². The summed E-state index contributed by atoms with van der Waals surface area (Å²) in [5.41, 5.74) is 5.85. The van der Waals surface area contributed by atoms with Gasteiger partial charge in [-0.1, -0.05) is 12.1 Å². The number of para-hydroxylation sites is 2. The van der Waals surface area contributed by atoms with Crippen LogP contribution in [0.5, 0.6) is 11.5 Å². The van der Waals surface area contributed by atoms with E-state index in [0.717, 1.165) is 19.4 Å². The summed E-state index contributed by atoms with van der Waals surface area (Å²) in [6.45, 7) is 3.97. The number of guanidine groups is 1. The number of benzene rings is 1. The molecule has 1 saturated heterocycles. The number of aliphatic imine (C=N–C) groups is 1. The number of rotatable bonds is 7. The first-order valence-corrected chi connectivity index (χ1v) is 7.64. The van der Waals surface area contributed by atoms with Crippen LogP contribution < -0.4 is 20.5 Å². The summed E-state index contributed by atoms with van der Waals surface area (Å²) in [4.78, 5) is 4.30. The first-order valence-electron chi connectivity index (χ1n) is 7.64. The highest BCUT2D eigenvalue weighted by Gasteiger charge is 2.15. The molecule has 2 rings (SSSR count). The fraction of sp³-hybridized carbons (Fsp3) is 0.562. The minimum absolute atomic E-state index is 0. The van der Waals surface area contributed by atoms with Crippen molar-refractivity contribution in [2.24, 2.45) is 10.7 Å². The van der Waals surface area contributed by atoms with Gasteiger partial charge in [0.15, 0.2) is 17.5 Å². The molecule has 0 aliphatic carbocycles. The van der Waals surface area contributed by atoms with Crippen LogP contribution in [0.1, 0.15) is 19.8 Å². The molecule has 3 N–H and O–H groups in total. The summed E-state index contributed by atoms with van der Waals surface area (Å²) in [6.07, 6.45) is 2.34. The van der Waals surface area contributed by atoms with Crippen LogP contribution >= 0.6 is 24.0 Å². The van der Waals surface area contributed by atoms with E-state index in [0.29, 0.717) is 30.5 Å². The average Bonchev–Trinajstić information content (AvgIpc) is 3.05. The van der Waals surface area contributed by atoms with E-state index in [1.807, 2.05) is 31.2 Å². The Kier molecular flexibility index (Phi) is 9.08. The van der Waals surface area contributed by atoms with Crippen LogP contribution in [0.2, 0.25) is 0 Å². The van der Waals surface area contributed by atoms with Crippen LogP contribution in [-0.2, 0) is 4.74 Å². The first kappa shape index (κ1) is 19.8. The van der Waals surface area contributed by atoms with Gasteiger partial charge >= 0.3 is 0 Å². The molecule has 7 heteroatoms. The topological polar surface area (TPSA) is 78.1 Å². The monoisotopic (exact) mass is 435 g/mol. The van der Waals surface area contributed by atoms with E-state index in [4.69, 9.17) is 19.9 Å². The number of halogens is 1. The lowest BCUT2D eigenvalue weighted by Gasteiger charge is -2.16. The molecule has 0 amide bonds. The minimum Gasteiger partial charge on any atom is -0.493 e. The van der Waals surface area contributed by atoms with Crippen LogP contribution in [0.25, 0.3) is 0 Å². The molecule has 1 aliphatic heterocycles. The molecule has 0 aromatic heterocycles. The molecule has 1 aromatic rings. The number of ether oxygens (including phenoxy) is 3. The lowest BCUT2D eigenvalue weighted by molar-refractivity contribution is 0.114. The SMILES string of the molecule is COc1ccccc1OC(C)CN=C(N)NCC1CCCO1.I. The normalized spacial score (nSPS) is 18.9. The lowest BCUT2D eigenvalue weighted by Crippen LogP contribution is -2.37. The third kappa shape index (κ3) is 6.82. The predicted octanol–water partition coefficient (Wildman–Crippen LogP) is 2.16. The van der Waals surface area contributed by atoms with E-state index in [9.17, 15) is 0 Å². The van der Waals surface area contributed by atoms with Crippen molar-refractivity contribution < 1.29 is 14.2 Å². The quantitative estimate of drug-likeness (QED) is 0.390. The third-order valence-corrected chi connectivity index (χ3v) is 3.45. The molecule has 0 saturated carbocycles. The standard InChI is InChI=1S/C16H25N3O3.HI/c1-12(22-15-8-4-3-7-14(15)20-2)10-18-16(17)19-11-13-6-5-9-21-13;/h3-4,7-8,12-13H,5-6,9-11H2,1-2H3,(H3,17,18,19);1H. The number of hydrogen-bond donors (Lipinski definition) is 2. The minimum atomic E-state index is -0.0978. The Hall–Kier alpha value is -1.22. The largest absolute Gasteiger partial charge is 0.493 e. The van der Waals surface area contributed by atoms with E-state index < -0.39 is 0 Å². The second-order valence-corrected chi connectivity index (χ2v) is 5.32. The van der Waals surface area contributed by atoms with Gasteiger partial charge in [0.05, 0.1) is 19.8 Å². The summed E-state index contributed by atoms with van der Waals surface area (Å²) in [7, 11) is 1.62. The highest BCUT2D eigenvalue weighted by molar-refractivity contribution is 14.0. The Bertz CT molecular complexity index is 493. The van der Waals surface area contributed by atoms with Crippen molar-refractivity contribution in [3.63, 3.8) is 0 Å². The van der Waals surface area contributed by atoms with Crippen molar-refractivity contribution in [1.82, 2.24) is 5.32 Å². The molecule has 1 aromatic carbocycles. The molecule has 130 valence electrons. The van der Waals surface area contributed by atoms with E-state index in [1.54, 1.807) is 7.11 Å². The highest BCUT2D eigenvalue weighted by Crippen LogP contribution is 2.26. The van der Waals surface area contributed by atoms with Gasteiger partial charge in [-0.25, -0.2) is 4.99 Å². The lowest BCUT2D eigenvalue weighted by atomic mass is 10.2. The zero-order valence-electron chi connectivity index (χ0n) is 13.7. The summed E-state index contributed by atoms with van der Waals surface area (Å²) >= 11 is 0. The van der Waals surface area contributed by atoms with Gasteiger partial charge in [-0.2, -0.15) is 0 Å². The van der Waals surface area contributed by atoms with E-state index in [2.05, 4.69) is 10.3 Å². The maximum atomic E-state index is 5.85. The van der Waals surface area contributed by atoms with Crippen LogP contribution in [0, 0.1) is 0 Å². The zero-order valence-corrected chi connectivity index (χ0v) is 16.0. The molecule has 1 fully saturated rings. The number of methoxy groups -OCH3 is 1. The Morgan fingerprint density at radius 3 is 2.83 bits per heavy atom. The van der Waals surface area contributed by atoms with Crippen LogP contribution in [0.4, 0.5) is 0 Å². The summed E-state index contributed by atoms with van der Waals surface area (Å²) < 4.78 is 16.6. The Balaban J connectivity index is 0.00000264. The van der Waals surface area contributed by atoms with Gasteiger partial charge in [-0.15, -0.1) is 24.0 Å². The summed E-state index contributed by atoms with van der Waals surface area (Å²) in [5, 5.41) is 3.09. The fourth-order valence-corrected chi connectivity index (χ4v) is 2.28. The Morgan fingerprint density at radius 2 is 2.17 bits per heavy atom. The first-order chi connectivity index (χ1) is 10.7. The molecule has 2 atom stereocenters. The Labute approximate surface area is 154 Å². The van der Waals surface area contributed by atoms with Crippen LogP contribution in [0.3, 0.4) is 0 Å². The Morgan fingerprint density at radius 1 is 1.43 bits per heavy atom. The molecule has 0 bridgehead atoms. The molecular weight excluding hydrogens is 409 g/mol. The van der Waals surface area contributed by atoms with Gasteiger partial charge < -0.3 is 25.3 Å². The van der Waals surface area contributed by atoms with E-state index in [1.165, 1.54) is 0 Å². The molecule has 23 heavy (non-hydrogen) atoms. The van der Waals surface area contributed by atoms with Crippen molar-refractivity contribution in [3.8, 4) is 11.5 Å². The molecule has 0 radical (unpaired) electrons. The van der Waals surface area contributed by atoms with Crippen molar-refractivity contribution in [2.75, 3.05) is 26.8 Å². The molecular formula is C16H26IN3O3. The zero-order chi connectivity index (χ0) is 15.8. The second-order valence-electron chi connectivity index (χ2n) is 5.32. The molecule has 1 heterocycles. The molecule has 0 spiro atoms. The van der Waals surface area contributed by atoms with Gasteiger partial charge in [-0.05, 0) is 31.9 Å². The summed E-state index contributed by atoms with van der Waals surface area (Å²) in [6, 6.07) is 7.55. The maximum Gasteiger partial charge on any atom is 0.188 e. The number of hydrogen-bond acceptors (Lipinski definition) is 4. The van der Waals surface area contributed by atoms with Crippen molar-refractivity contribution >= 4 is 29.9 Å². The fourth-order valence-electron chi connectivity index (χ4n) is 2.28. The van der Waals surface area contributed by atoms with Gasteiger partial charge in [0.25, 0.3) is 0 Å². The van der Waals surface area contributed by atoms with Crippen molar-refractivity contribution in [1.29, 1.82) is 0 Å².